The van der Waals surface area contributed by atoms with E-state index in [9.17, 15) is 0 Å². The average Bonchev–Trinajstić information content (AvgIpc) is 4.14. The molecule has 84 heavy (non-hydrogen) atoms. The second-order valence-electron chi connectivity index (χ2n) is 23.1. The van der Waals surface area contributed by atoms with Crippen LogP contribution in [0.4, 0.5) is 40.3 Å². The Balaban J connectivity index is 0.00000694. The summed E-state index contributed by atoms with van der Waals surface area (Å²) in [5.74, 6) is -1.50. The Morgan fingerprint density at radius 1 is 0.440 bits per heavy atom. The van der Waals surface area contributed by atoms with E-state index >= 15 is 17.6 Å². The average molecular weight is 1290 g/mol. The first-order valence-electron chi connectivity index (χ1n) is 27.6. The maximum atomic E-state index is 15.5. The number of ether oxygens (including phenoxy) is 1. The molecule has 10 heteroatoms. The van der Waals surface area contributed by atoms with Crippen LogP contribution in [0.3, 0.4) is 0 Å². The summed E-state index contributed by atoms with van der Waals surface area (Å²) in [5, 5.41) is 2.03. The molecule has 0 saturated heterocycles. The zero-order valence-corrected chi connectivity index (χ0v) is 49.2. The van der Waals surface area contributed by atoms with E-state index in [1.165, 1.54) is 24.3 Å². The molecule has 0 saturated carbocycles. The molecule has 13 rings (SSSR count). The molecular weight excluding hydrogens is 1230 g/mol. The number of halogens is 4. The van der Waals surface area contributed by atoms with Gasteiger partial charge in [0, 0.05) is 84.6 Å². The molecule has 0 radical (unpaired) electrons. The molecule has 0 fully saturated rings. The molecule has 0 bridgehead atoms. The third-order valence-electron chi connectivity index (χ3n) is 15.4. The van der Waals surface area contributed by atoms with Crippen LogP contribution in [0.2, 0.25) is 0 Å². The van der Waals surface area contributed by atoms with Gasteiger partial charge >= 0.3 is 0 Å². The van der Waals surface area contributed by atoms with Gasteiger partial charge in [0.15, 0.2) is 0 Å². The molecule has 0 atom stereocenters. The Morgan fingerprint density at radius 3 is 1.57 bits per heavy atom. The summed E-state index contributed by atoms with van der Waals surface area (Å²) in [5.41, 5.74) is 12.6. The van der Waals surface area contributed by atoms with E-state index in [1.54, 1.807) is 0 Å². The Kier molecular flexibility index (Phi) is 14.5. The van der Waals surface area contributed by atoms with Gasteiger partial charge in [0.05, 0.1) is 0 Å². The van der Waals surface area contributed by atoms with Gasteiger partial charge in [-0.15, -0.1) is 53.6 Å². The fourth-order valence-corrected chi connectivity index (χ4v) is 11.4. The number of hydrogen-bond donors (Lipinski definition) is 0. The fraction of sp³-hybridized carbons (Fsp3) is 0.108. The van der Waals surface area contributed by atoms with Crippen LogP contribution >= 0.6 is 0 Å². The van der Waals surface area contributed by atoms with Crippen molar-refractivity contribution in [1.82, 2.24) is 9.55 Å². The number of fused-ring (bicyclic) bond motifs is 4. The normalized spacial score (nSPS) is 12.5. The second-order valence-corrected chi connectivity index (χ2v) is 23.1. The van der Waals surface area contributed by atoms with Crippen molar-refractivity contribution in [2.75, 3.05) is 9.80 Å². The maximum Gasteiger partial charge on any atom is 0.135 e. The van der Waals surface area contributed by atoms with Gasteiger partial charge in [0.2, 0.25) is 0 Å². The molecule has 10 aromatic carbocycles. The first-order chi connectivity index (χ1) is 40.0. The molecule has 0 spiro atoms. The minimum atomic E-state index is -0.772. The summed E-state index contributed by atoms with van der Waals surface area (Å²) in [7, 11) is 0. The van der Waals surface area contributed by atoms with Crippen molar-refractivity contribution >= 4 is 44.6 Å². The van der Waals surface area contributed by atoms with Crippen molar-refractivity contribution in [1.29, 1.82) is 0 Å². The van der Waals surface area contributed by atoms with Gasteiger partial charge in [0.25, 0.3) is 0 Å². The van der Waals surface area contributed by atoms with Crippen LogP contribution in [-0.2, 0) is 31.9 Å². The third kappa shape index (κ3) is 10.5. The molecular formula is C74H55F4N4OPt-3. The number of nitrogens with zero attached hydrogens (tertiary/aromatic N) is 4. The Labute approximate surface area is 501 Å². The SMILES string of the molecule is CC(C)(C)c1ccnc(-n2c3[c-]c(Oc4[c-]c(N5[CH-]N(c6c(-c7cc(F)cc(F)c7)cc(C(C)(C)C)cc6-c6cc(F)cc(F)c6)c6ccccc65)cc(-c5c(-c6ccccc6)cccc5-c5ccccc5)c4)ccc3c3ccccc32)c1.[Pt]. The molecule has 0 N–H and O–H groups in total. The molecule has 2 aromatic heterocycles. The molecule has 418 valence electrons. The topological polar surface area (TPSA) is 33.5 Å². The molecule has 0 amide bonds. The minimum absolute atomic E-state index is 0. The Morgan fingerprint density at radius 2 is 0.988 bits per heavy atom. The van der Waals surface area contributed by atoms with E-state index in [1.807, 2.05) is 140 Å². The molecule has 0 unspecified atom stereocenters. The van der Waals surface area contributed by atoms with Gasteiger partial charge in [0.1, 0.15) is 29.1 Å². The van der Waals surface area contributed by atoms with Gasteiger partial charge in [-0.2, -0.15) is 6.07 Å². The maximum absolute atomic E-state index is 15.5. The largest absolute Gasteiger partial charge is 0.509 e. The van der Waals surface area contributed by atoms with Crippen LogP contribution in [0.1, 0.15) is 52.7 Å². The monoisotopic (exact) mass is 1290 g/mol. The first-order valence-corrected chi connectivity index (χ1v) is 27.6. The van der Waals surface area contributed by atoms with Gasteiger partial charge < -0.3 is 19.1 Å². The van der Waals surface area contributed by atoms with Crippen LogP contribution in [0.5, 0.6) is 11.5 Å². The predicted octanol–water partition coefficient (Wildman–Crippen LogP) is 20.5. The van der Waals surface area contributed by atoms with E-state index in [-0.39, 0.29) is 37.6 Å². The summed E-state index contributed by atoms with van der Waals surface area (Å²) in [4.78, 5) is 8.84. The van der Waals surface area contributed by atoms with Gasteiger partial charge in [-0.1, -0.05) is 156 Å². The van der Waals surface area contributed by atoms with E-state index in [4.69, 9.17) is 9.72 Å². The number of hydrogen-bond acceptors (Lipinski definition) is 4. The predicted molar refractivity (Wildman–Crippen MR) is 329 cm³/mol. The molecule has 5 nitrogen and oxygen atoms in total. The van der Waals surface area contributed by atoms with Crippen LogP contribution in [0, 0.1) is 42.1 Å². The molecule has 0 aliphatic carbocycles. The summed E-state index contributed by atoms with van der Waals surface area (Å²) in [6.45, 7) is 14.5. The summed E-state index contributed by atoms with van der Waals surface area (Å²) >= 11 is 0. The zero-order valence-electron chi connectivity index (χ0n) is 46.9. The number of anilines is 4. The quantitative estimate of drug-likeness (QED) is 0.101. The van der Waals surface area contributed by atoms with Crippen LogP contribution in [0.15, 0.2) is 219 Å². The smallest absolute Gasteiger partial charge is 0.135 e. The van der Waals surface area contributed by atoms with E-state index in [0.717, 1.165) is 90.0 Å². The van der Waals surface area contributed by atoms with Crippen molar-refractivity contribution in [2.24, 2.45) is 0 Å². The zero-order chi connectivity index (χ0) is 57.3. The Hall–Kier alpha value is -9.04. The summed E-state index contributed by atoms with van der Waals surface area (Å²) in [6, 6.07) is 73.2. The molecule has 3 heterocycles. The van der Waals surface area contributed by atoms with Crippen molar-refractivity contribution in [3.8, 4) is 73.0 Å². The Bertz CT molecular complexity index is 4320. The van der Waals surface area contributed by atoms with Crippen molar-refractivity contribution < 1.29 is 43.4 Å². The van der Waals surface area contributed by atoms with Crippen molar-refractivity contribution in [3.05, 3.63) is 272 Å². The number of aromatic nitrogens is 2. The van der Waals surface area contributed by atoms with E-state index < -0.39 is 28.7 Å². The fourth-order valence-electron chi connectivity index (χ4n) is 11.4. The minimum Gasteiger partial charge on any atom is -0.509 e. The summed E-state index contributed by atoms with van der Waals surface area (Å²) < 4.78 is 71.4. The van der Waals surface area contributed by atoms with Gasteiger partial charge in [-0.3, -0.25) is 0 Å². The van der Waals surface area contributed by atoms with Crippen LogP contribution < -0.4 is 14.5 Å². The number of para-hydroxylation sites is 3. The van der Waals surface area contributed by atoms with Crippen molar-refractivity contribution in [3.63, 3.8) is 0 Å². The molecule has 12 aromatic rings. The van der Waals surface area contributed by atoms with Crippen LogP contribution in [-0.4, -0.2) is 9.55 Å². The van der Waals surface area contributed by atoms with Crippen molar-refractivity contribution in [2.45, 2.75) is 52.4 Å². The van der Waals surface area contributed by atoms with Gasteiger partial charge in [-0.05, 0) is 133 Å². The standard InChI is InChI=1S/C74H55F4N4O.Pt/c1-73(2,3)51-30-31-79-70(40-51)82-66-25-14-13-22-62(66)63-29-28-58(44-69(63)82)83-59-37-50(71-60(46-18-9-7-10-19-46)23-17-24-61(71)47-20-11-8-12-21-47)36-57(43-59)80-45-81(68-27-16-15-26-67(68)80)72-64(48-32-53(75)41-54(76)33-48)38-52(74(4,5)6)39-65(72)49-34-55(77)42-56(78)35-49;/h7-42,45H,1-6H3;/q-3;. The number of rotatable bonds is 10. The summed E-state index contributed by atoms with van der Waals surface area (Å²) in [6.07, 6.45) is 1.86. The number of benzene rings is 10. The second kappa shape index (κ2) is 21.9. The van der Waals surface area contributed by atoms with E-state index in [2.05, 4.69) is 116 Å². The number of pyridine rings is 1. The third-order valence-corrected chi connectivity index (χ3v) is 15.4. The van der Waals surface area contributed by atoms with E-state index in [0.29, 0.717) is 39.7 Å². The first kappa shape index (κ1) is 55.5. The van der Waals surface area contributed by atoms with Gasteiger partial charge in [-0.25, -0.2) is 22.5 Å². The van der Waals surface area contributed by atoms with Crippen LogP contribution in [0.25, 0.3) is 83.3 Å². The molecule has 1 aliphatic rings. The molecule has 1 aliphatic heterocycles.